The van der Waals surface area contributed by atoms with E-state index >= 15 is 0 Å². The third kappa shape index (κ3) is 2.14. The zero-order valence-corrected chi connectivity index (χ0v) is 7.77. The quantitative estimate of drug-likeness (QED) is 0.581. The van der Waals surface area contributed by atoms with Crippen molar-refractivity contribution < 1.29 is 10.0 Å². The van der Waals surface area contributed by atoms with Crippen LogP contribution in [0.5, 0.6) is 0 Å². The Balaban J connectivity index is 3.46. The molecule has 1 amide bonds. The van der Waals surface area contributed by atoms with Crippen molar-refractivity contribution in [3.05, 3.63) is 23.1 Å². The lowest BCUT2D eigenvalue weighted by atomic mass is 10.4. The van der Waals surface area contributed by atoms with Gasteiger partial charge in [0.05, 0.1) is 17.6 Å². The van der Waals surface area contributed by atoms with Crippen LogP contribution < -0.4 is 5.49 Å². The van der Waals surface area contributed by atoms with Crippen LogP contribution in [-0.4, -0.2) is 20.8 Å². The van der Waals surface area contributed by atoms with Gasteiger partial charge in [0.1, 0.15) is 0 Å². The molecule has 1 rings (SSSR count). The van der Waals surface area contributed by atoms with Crippen LogP contribution in [0, 0.1) is 13.8 Å². The summed E-state index contributed by atoms with van der Waals surface area (Å²) in [7, 11) is 0. The summed E-state index contributed by atoms with van der Waals surface area (Å²) in [6, 6.07) is 0. The molecule has 0 aromatic carbocycles. The molecule has 0 saturated heterocycles. The maximum absolute atomic E-state index is 10.7. The summed E-state index contributed by atoms with van der Waals surface area (Å²) in [5.41, 5.74) is 1.37. The summed E-state index contributed by atoms with van der Waals surface area (Å²) in [6.45, 7) is 4.75. The van der Waals surface area contributed by atoms with E-state index < -0.39 is 0 Å². The molecule has 1 aromatic heterocycles. The lowest BCUT2D eigenvalue weighted by Crippen LogP contribution is -2.24. The van der Waals surface area contributed by atoms with E-state index in [2.05, 4.69) is 9.98 Å². The number of hydrogen-bond acceptors (Lipinski definition) is 3. The number of aryl methyl sites for hydroxylation is 2. The molecule has 5 nitrogen and oxygen atoms in total. The predicted molar refractivity (Wildman–Crippen MR) is 45.1 cm³/mol. The molecule has 0 radical (unpaired) electrons. The number of rotatable bonds is 0. The van der Waals surface area contributed by atoms with Crippen molar-refractivity contribution in [2.75, 3.05) is 0 Å². The molecule has 0 aliphatic heterocycles. The zero-order chi connectivity index (χ0) is 10.0. The van der Waals surface area contributed by atoms with E-state index in [9.17, 15) is 10.0 Å². The molecule has 0 bridgehead atoms. The fourth-order valence-corrected chi connectivity index (χ4v) is 1.03. The Morgan fingerprint density at radius 2 is 2.23 bits per heavy atom. The fraction of sp³-hybridized carbons (Fsp3) is 0.375. The molecule has 0 unspecified atom stereocenters. The summed E-state index contributed by atoms with van der Waals surface area (Å²) in [4.78, 5) is 18.4. The van der Waals surface area contributed by atoms with Crippen molar-refractivity contribution >= 4 is 5.91 Å². The molecule has 5 heteroatoms. The van der Waals surface area contributed by atoms with Crippen LogP contribution in [-0.2, 0) is 4.79 Å². The van der Waals surface area contributed by atoms with Crippen molar-refractivity contribution in [1.29, 1.82) is 0 Å². The number of carbonyl (C=O) groups excluding carboxylic acids is 1. The minimum Gasteiger partial charge on any atom is -0.427 e. The van der Waals surface area contributed by atoms with E-state index in [-0.39, 0.29) is 11.4 Å². The highest BCUT2D eigenvalue weighted by Gasteiger charge is 1.99. The molecule has 0 fully saturated rings. The number of nitrogens with zero attached hydrogens (tertiary/aromatic N) is 3. The maximum Gasteiger partial charge on any atom is 0.244 e. The third-order valence-electron chi connectivity index (χ3n) is 1.46. The van der Waals surface area contributed by atoms with E-state index in [0.717, 1.165) is 4.73 Å². The first-order chi connectivity index (χ1) is 6.00. The Kier molecular flexibility index (Phi) is 2.46. The first kappa shape index (κ1) is 9.44. The van der Waals surface area contributed by atoms with E-state index in [1.807, 2.05) is 0 Å². The average molecular weight is 181 g/mol. The number of hydrogen-bond donors (Lipinski definition) is 1. The second-order valence-electron chi connectivity index (χ2n) is 2.77. The Labute approximate surface area is 75.3 Å². The van der Waals surface area contributed by atoms with E-state index in [1.54, 1.807) is 13.8 Å². The van der Waals surface area contributed by atoms with Gasteiger partial charge in [-0.2, -0.15) is 9.72 Å². The molecule has 1 aromatic rings. The smallest absolute Gasteiger partial charge is 0.244 e. The van der Waals surface area contributed by atoms with Crippen molar-refractivity contribution in [1.82, 2.24) is 9.71 Å². The van der Waals surface area contributed by atoms with Crippen LogP contribution >= 0.6 is 0 Å². The zero-order valence-electron chi connectivity index (χ0n) is 7.77. The largest absolute Gasteiger partial charge is 0.427 e. The van der Waals surface area contributed by atoms with Crippen LogP contribution in [0.4, 0.5) is 0 Å². The standard InChI is InChI=1S/C8H11N3O2/c1-5-4-11(13)8(6(2)9-5)10-7(3)12/h4,13H,1-3H3. The lowest BCUT2D eigenvalue weighted by molar-refractivity contribution is -0.116. The van der Waals surface area contributed by atoms with Gasteiger partial charge in [0.15, 0.2) is 5.49 Å². The molecule has 1 heterocycles. The van der Waals surface area contributed by atoms with Gasteiger partial charge in [-0.1, -0.05) is 0 Å². The van der Waals surface area contributed by atoms with Crippen LogP contribution in [0.15, 0.2) is 11.2 Å². The van der Waals surface area contributed by atoms with E-state index in [1.165, 1.54) is 13.1 Å². The van der Waals surface area contributed by atoms with E-state index in [0.29, 0.717) is 11.4 Å². The first-order valence-corrected chi connectivity index (χ1v) is 3.82. The fourth-order valence-electron chi connectivity index (χ4n) is 1.03. The van der Waals surface area contributed by atoms with Gasteiger partial charge in [-0.05, 0) is 13.8 Å². The molecular formula is C8H11N3O2. The monoisotopic (exact) mass is 181 g/mol. The molecule has 0 aliphatic rings. The minimum atomic E-state index is -0.364. The summed E-state index contributed by atoms with van der Waals surface area (Å²) in [6.07, 6.45) is 1.40. The van der Waals surface area contributed by atoms with Crippen molar-refractivity contribution in [2.45, 2.75) is 20.8 Å². The van der Waals surface area contributed by atoms with Crippen molar-refractivity contribution in [3.8, 4) is 0 Å². The summed E-state index contributed by atoms with van der Waals surface area (Å²) in [5.74, 6) is -0.364. The van der Waals surface area contributed by atoms with Gasteiger partial charge in [-0.15, -0.1) is 0 Å². The predicted octanol–water partition coefficient (Wildman–Crippen LogP) is 0.184. The Morgan fingerprint density at radius 1 is 1.62 bits per heavy atom. The van der Waals surface area contributed by atoms with Gasteiger partial charge in [-0.25, -0.2) is 0 Å². The number of amides is 1. The topological polar surface area (TPSA) is 67.5 Å². The highest BCUT2D eigenvalue weighted by atomic mass is 16.5. The Hall–Kier alpha value is -1.65. The summed E-state index contributed by atoms with van der Waals surface area (Å²) in [5, 5.41) is 9.35. The van der Waals surface area contributed by atoms with Gasteiger partial charge in [-0.3, -0.25) is 9.78 Å². The second-order valence-corrected chi connectivity index (χ2v) is 2.77. The minimum absolute atomic E-state index is 0.179. The number of carbonyl (C=O) groups is 1. The van der Waals surface area contributed by atoms with Gasteiger partial charge in [0.2, 0.25) is 5.91 Å². The molecule has 13 heavy (non-hydrogen) atoms. The second kappa shape index (κ2) is 3.38. The van der Waals surface area contributed by atoms with Gasteiger partial charge >= 0.3 is 0 Å². The highest BCUT2D eigenvalue weighted by Crippen LogP contribution is 1.89. The van der Waals surface area contributed by atoms with Crippen molar-refractivity contribution in [2.24, 2.45) is 4.99 Å². The van der Waals surface area contributed by atoms with E-state index in [4.69, 9.17) is 0 Å². The number of aromatic nitrogens is 2. The molecule has 0 saturated carbocycles. The third-order valence-corrected chi connectivity index (χ3v) is 1.46. The lowest BCUT2D eigenvalue weighted by Gasteiger charge is -2.01. The van der Waals surface area contributed by atoms with Gasteiger partial charge in [0.25, 0.3) is 0 Å². The molecule has 0 atom stereocenters. The molecular weight excluding hydrogens is 170 g/mol. The average Bonchev–Trinajstić information content (AvgIpc) is 1.96. The van der Waals surface area contributed by atoms with Crippen molar-refractivity contribution in [3.63, 3.8) is 0 Å². The van der Waals surface area contributed by atoms with Crippen LogP contribution in [0.25, 0.3) is 0 Å². The SMILES string of the molecule is CC(=O)N=c1c(C)nc(C)cn1O. The first-order valence-electron chi connectivity index (χ1n) is 3.82. The Morgan fingerprint density at radius 3 is 2.69 bits per heavy atom. The molecule has 1 N–H and O–H groups in total. The summed E-state index contributed by atoms with van der Waals surface area (Å²) >= 11 is 0. The van der Waals surface area contributed by atoms with Crippen LogP contribution in [0.2, 0.25) is 0 Å². The van der Waals surface area contributed by atoms with Crippen LogP contribution in [0.3, 0.4) is 0 Å². The van der Waals surface area contributed by atoms with Crippen LogP contribution in [0.1, 0.15) is 18.3 Å². The molecule has 70 valence electrons. The maximum atomic E-state index is 10.7. The Bertz CT molecular complexity index is 380. The normalized spacial score (nSPS) is 11.8. The summed E-state index contributed by atoms with van der Waals surface area (Å²) < 4.78 is 0.805. The molecule has 0 aliphatic carbocycles. The molecule has 0 spiro atoms. The van der Waals surface area contributed by atoms with Gasteiger partial charge in [0, 0.05) is 6.92 Å². The van der Waals surface area contributed by atoms with Gasteiger partial charge < -0.3 is 5.21 Å². The highest BCUT2D eigenvalue weighted by molar-refractivity contribution is 5.73.